The molecule has 0 bridgehead atoms. The standard InChI is InChI=1S/C22H34N4O/c1-3-23-22(24-14-13-17-9-7-16(2)8-10-17)26-20-6-4-5-18(15-20)21(27)25-19-11-12-19/h7-10,18-20H,3-6,11-15H2,1-2H3,(H,25,27)(H2,23,24,26). The third-order valence-corrected chi connectivity index (χ3v) is 5.44. The fourth-order valence-corrected chi connectivity index (χ4v) is 3.67. The predicted octanol–water partition coefficient (Wildman–Crippen LogP) is 2.93. The van der Waals surface area contributed by atoms with Crippen LogP contribution < -0.4 is 16.0 Å². The van der Waals surface area contributed by atoms with Crippen molar-refractivity contribution in [2.45, 2.75) is 70.9 Å². The summed E-state index contributed by atoms with van der Waals surface area (Å²) in [4.78, 5) is 17.1. The smallest absolute Gasteiger partial charge is 0.223 e. The highest BCUT2D eigenvalue weighted by molar-refractivity contribution is 5.81. The number of guanidine groups is 1. The van der Waals surface area contributed by atoms with Crippen LogP contribution in [0.3, 0.4) is 0 Å². The van der Waals surface area contributed by atoms with Crippen LogP contribution in [0.1, 0.15) is 56.6 Å². The van der Waals surface area contributed by atoms with Gasteiger partial charge in [0.25, 0.3) is 0 Å². The third-order valence-electron chi connectivity index (χ3n) is 5.44. The molecule has 27 heavy (non-hydrogen) atoms. The molecule has 1 aromatic carbocycles. The van der Waals surface area contributed by atoms with Crippen molar-refractivity contribution in [1.82, 2.24) is 16.0 Å². The summed E-state index contributed by atoms with van der Waals surface area (Å²) >= 11 is 0. The Balaban J connectivity index is 1.49. The number of benzene rings is 1. The minimum Gasteiger partial charge on any atom is -0.357 e. The highest BCUT2D eigenvalue weighted by Gasteiger charge is 2.31. The van der Waals surface area contributed by atoms with Crippen LogP contribution in [0.15, 0.2) is 29.3 Å². The number of nitrogens with one attached hydrogen (secondary N) is 3. The molecule has 1 aromatic rings. The first-order chi connectivity index (χ1) is 13.1. The lowest BCUT2D eigenvalue weighted by molar-refractivity contribution is -0.126. The number of hydrogen-bond acceptors (Lipinski definition) is 2. The van der Waals surface area contributed by atoms with E-state index in [2.05, 4.69) is 54.1 Å². The fraction of sp³-hybridized carbons (Fsp3) is 0.636. The number of carbonyl (C=O) groups is 1. The van der Waals surface area contributed by atoms with E-state index >= 15 is 0 Å². The second-order valence-electron chi connectivity index (χ2n) is 7.98. The topological polar surface area (TPSA) is 65.5 Å². The minimum absolute atomic E-state index is 0.146. The molecule has 0 saturated heterocycles. The number of aryl methyl sites for hydroxylation is 1. The summed E-state index contributed by atoms with van der Waals surface area (Å²) in [6.07, 6.45) is 7.36. The van der Waals surface area contributed by atoms with Gasteiger partial charge < -0.3 is 16.0 Å². The molecule has 2 saturated carbocycles. The van der Waals surface area contributed by atoms with E-state index in [1.165, 1.54) is 11.1 Å². The Morgan fingerprint density at radius 3 is 2.56 bits per heavy atom. The van der Waals surface area contributed by atoms with Crippen LogP contribution in [0, 0.1) is 12.8 Å². The third kappa shape index (κ3) is 6.56. The Morgan fingerprint density at radius 2 is 1.85 bits per heavy atom. The molecule has 0 spiro atoms. The molecule has 2 atom stereocenters. The van der Waals surface area contributed by atoms with Crippen molar-refractivity contribution in [3.05, 3.63) is 35.4 Å². The average molecular weight is 371 g/mol. The van der Waals surface area contributed by atoms with Gasteiger partial charge in [-0.15, -0.1) is 0 Å². The highest BCUT2D eigenvalue weighted by atomic mass is 16.2. The lowest BCUT2D eigenvalue weighted by atomic mass is 9.85. The maximum absolute atomic E-state index is 12.4. The summed E-state index contributed by atoms with van der Waals surface area (Å²) in [7, 11) is 0. The van der Waals surface area contributed by atoms with E-state index in [-0.39, 0.29) is 11.8 Å². The molecule has 2 fully saturated rings. The van der Waals surface area contributed by atoms with Crippen LogP contribution >= 0.6 is 0 Å². The van der Waals surface area contributed by atoms with Crippen LogP contribution in [0.2, 0.25) is 0 Å². The molecule has 2 unspecified atom stereocenters. The van der Waals surface area contributed by atoms with E-state index < -0.39 is 0 Å². The van der Waals surface area contributed by atoms with Crippen molar-refractivity contribution in [1.29, 1.82) is 0 Å². The second kappa shape index (κ2) is 9.77. The lowest BCUT2D eigenvalue weighted by Gasteiger charge is -2.30. The van der Waals surface area contributed by atoms with Gasteiger partial charge in [0, 0.05) is 31.1 Å². The number of aliphatic imine (C=N–C) groups is 1. The minimum atomic E-state index is 0.146. The fourth-order valence-electron chi connectivity index (χ4n) is 3.67. The first-order valence-electron chi connectivity index (χ1n) is 10.5. The predicted molar refractivity (Wildman–Crippen MR) is 111 cm³/mol. The Hall–Kier alpha value is -2.04. The molecular weight excluding hydrogens is 336 g/mol. The monoisotopic (exact) mass is 370 g/mol. The molecular formula is C22H34N4O. The van der Waals surface area contributed by atoms with Crippen molar-refractivity contribution in [3.8, 4) is 0 Å². The van der Waals surface area contributed by atoms with Gasteiger partial charge in [-0.05, 0) is 57.9 Å². The van der Waals surface area contributed by atoms with Crippen molar-refractivity contribution in [3.63, 3.8) is 0 Å². The molecule has 0 radical (unpaired) electrons. The molecule has 0 aliphatic heterocycles. The van der Waals surface area contributed by atoms with E-state index in [4.69, 9.17) is 4.99 Å². The summed E-state index contributed by atoms with van der Waals surface area (Å²) in [5.41, 5.74) is 2.60. The Morgan fingerprint density at radius 1 is 1.07 bits per heavy atom. The highest BCUT2D eigenvalue weighted by Crippen LogP contribution is 2.26. The molecule has 5 heteroatoms. The lowest BCUT2D eigenvalue weighted by Crippen LogP contribution is -2.47. The van der Waals surface area contributed by atoms with Gasteiger partial charge >= 0.3 is 0 Å². The summed E-state index contributed by atoms with van der Waals surface area (Å²) in [5.74, 6) is 1.27. The number of hydrogen-bond donors (Lipinski definition) is 3. The van der Waals surface area contributed by atoms with E-state index in [0.717, 1.165) is 64.0 Å². The summed E-state index contributed by atoms with van der Waals surface area (Å²) < 4.78 is 0. The molecule has 2 aliphatic rings. The molecule has 5 nitrogen and oxygen atoms in total. The van der Waals surface area contributed by atoms with E-state index in [1.807, 2.05) is 0 Å². The first-order valence-corrected chi connectivity index (χ1v) is 10.5. The largest absolute Gasteiger partial charge is 0.357 e. The number of rotatable bonds is 7. The summed E-state index contributed by atoms with van der Waals surface area (Å²) in [6.45, 7) is 5.80. The van der Waals surface area contributed by atoms with Crippen molar-refractivity contribution in [2.24, 2.45) is 10.9 Å². The molecule has 0 aromatic heterocycles. The van der Waals surface area contributed by atoms with Gasteiger partial charge in [-0.3, -0.25) is 9.79 Å². The maximum atomic E-state index is 12.4. The zero-order valence-electron chi connectivity index (χ0n) is 16.8. The van der Waals surface area contributed by atoms with Crippen molar-refractivity contribution < 1.29 is 4.79 Å². The Labute approximate surface area is 163 Å². The van der Waals surface area contributed by atoms with Gasteiger partial charge in [0.1, 0.15) is 0 Å². The molecule has 0 heterocycles. The number of nitrogens with zero attached hydrogens (tertiary/aromatic N) is 1. The van der Waals surface area contributed by atoms with Crippen LogP contribution in [-0.4, -0.2) is 37.0 Å². The maximum Gasteiger partial charge on any atom is 0.223 e. The quantitative estimate of drug-likeness (QED) is 0.511. The van der Waals surface area contributed by atoms with Crippen LogP contribution in [0.4, 0.5) is 0 Å². The van der Waals surface area contributed by atoms with Gasteiger partial charge in [-0.1, -0.05) is 36.2 Å². The number of amides is 1. The Bertz CT molecular complexity index is 636. The molecule has 1 amide bonds. The van der Waals surface area contributed by atoms with E-state index in [1.54, 1.807) is 0 Å². The van der Waals surface area contributed by atoms with Gasteiger partial charge in [0.15, 0.2) is 5.96 Å². The Kier molecular flexibility index (Phi) is 7.13. The normalized spacial score (nSPS) is 23.0. The van der Waals surface area contributed by atoms with Gasteiger partial charge in [-0.25, -0.2) is 0 Å². The van der Waals surface area contributed by atoms with Gasteiger partial charge in [-0.2, -0.15) is 0 Å². The SMILES string of the molecule is CCNC(=NCCc1ccc(C)cc1)NC1CCCC(C(=O)NC2CC2)C1. The zero-order valence-corrected chi connectivity index (χ0v) is 16.8. The van der Waals surface area contributed by atoms with E-state index in [9.17, 15) is 4.79 Å². The van der Waals surface area contributed by atoms with Crippen LogP contribution in [0.5, 0.6) is 0 Å². The number of carbonyl (C=O) groups excluding carboxylic acids is 1. The zero-order chi connectivity index (χ0) is 19.1. The van der Waals surface area contributed by atoms with Gasteiger partial charge in [0.2, 0.25) is 5.91 Å². The van der Waals surface area contributed by atoms with Gasteiger partial charge in [0.05, 0.1) is 0 Å². The van der Waals surface area contributed by atoms with Crippen LogP contribution in [-0.2, 0) is 11.2 Å². The van der Waals surface area contributed by atoms with Crippen molar-refractivity contribution in [2.75, 3.05) is 13.1 Å². The molecule has 3 rings (SSSR count). The summed E-state index contributed by atoms with van der Waals surface area (Å²) in [5, 5.41) is 10.1. The molecule has 3 N–H and O–H groups in total. The van der Waals surface area contributed by atoms with Crippen LogP contribution in [0.25, 0.3) is 0 Å². The first kappa shape index (κ1) is 19.7. The molecule has 2 aliphatic carbocycles. The second-order valence-corrected chi connectivity index (χ2v) is 7.98. The van der Waals surface area contributed by atoms with Crippen molar-refractivity contribution >= 4 is 11.9 Å². The van der Waals surface area contributed by atoms with E-state index in [0.29, 0.717) is 12.1 Å². The summed E-state index contributed by atoms with van der Waals surface area (Å²) in [6, 6.07) is 9.43. The average Bonchev–Trinajstić information content (AvgIpc) is 3.48. The molecule has 148 valence electrons.